The number of hydrogen-bond donors (Lipinski definition) is 0. The second kappa shape index (κ2) is 4.93. The molecule has 0 radical (unpaired) electrons. The number of benzene rings is 2. The van der Waals surface area contributed by atoms with Gasteiger partial charge in [0.15, 0.2) is 0 Å². The maximum atomic E-state index is 12.4. The summed E-state index contributed by atoms with van der Waals surface area (Å²) in [6.45, 7) is 0. The Morgan fingerprint density at radius 3 is 1.85 bits per heavy atom. The van der Waals surface area contributed by atoms with Gasteiger partial charge < -0.3 is 0 Å². The van der Waals surface area contributed by atoms with E-state index in [2.05, 4.69) is 0 Å². The fourth-order valence-electron chi connectivity index (χ4n) is 2.28. The van der Waals surface area contributed by atoms with E-state index < -0.39 is 4.84 Å². The zero-order valence-electron chi connectivity index (χ0n) is 10.2. The van der Waals surface area contributed by atoms with Gasteiger partial charge in [-0.3, -0.25) is 9.59 Å². The van der Waals surface area contributed by atoms with Crippen molar-refractivity contribution in [1.29, 1.82) is 0 Å². The first-order valence-corrected chi connectivity index (χ1v) is 6.83. The minimum absolute atomic E-state index is 0.355. The number of nitrogens with zero attached hydrogens (tertiary/aromatic N) is 1. The number of alkyl halides is 2. The minimum atomic E-state index is -0.810. The first-order chi connectivity index (χ1) is 9.61. The molecule has 2 aromatic rings. The van der Waals surface area contributed by atoms with Crippen LogP contribution in [-0.2, 0) is 0 Å². The number of anilines is 1. The van der Waals surface area contributed by atoms with Gasteiger partial charge in [-0.2, -0.15) is 0 Å². The monoisotopic (exact) mass is 305 g/mol. The number of imide groups is 1. The summed E-state index contributed by atoms with van der Waals surface area (Å²) in [4.78, 5) is 25.1. The Kier molecular flexibility index (Phi) is 3.24. The summed E-state index contributed by atoms with van der Waals surface area (Å²) >= 11 is 11.8. The molecular formula is C15H9Cl2NO2. The Labute approximate surface area is 125 Å². The lowest BCUT2D eigenvalue weighted by Gasteiger charge is -2.18. The zero-order chi connectivity index (χ0) is 14.3. The van der Waals surface area contributed by atoms with Crippen molar-refractivity contribution >= 4 is 40.7 Å². The normalized spacial score (nSPS) is 14.1. The maximum absolute atomic E-state index is 12.4. The average molecular weight is 306 g/mol. The molecule has 2 aromatic carbocycles. The van der Waals surface area contributed by atoms with Gasteiger partial charge >= 0.3 is 0 Å². The molecular weight excluding hydrogens is 297 g/mol. The van der Waals surface area contributed by atoms with Crippen molar-refractivity contribution in [3.63, 3.8) is 0 Å². The fourth-order valence-corrected chi connectivity index (χ4v) is 2.65. The Morgan fingerprint density at radius 1 is 0.800 bits per heavy atom. The number of rotatable bonds is 2. The summed E-state index contributed by atoms with van der Waals surface area (Å²) < 4.78 is 0. The summed E-state index contributed by atoms with van der Waals surface area (Å²) in [6.07, 6.45) is 0. The van der Waals surface area contributed by atoms with E-state index in [0.717, 1.165) is 4.90 Å². The summed E-state index contributed by atoms with van der Waals surface area (Å²) in [5, 5.41) is 0. The lowest BCUT2D eigenvalue weighted by Crippen LogP contribution is -2.30. The summed E-state index contributed by atoms with van der Waals surface area (Å²) in [7, 11) is 0. The zero-order valence-corrected chi connectivity index (χ0v) is 11.7. The van der Waals surface area contributed by atoms with Crippen molar-refractivity contribution in [2.75, 3.05) is 4.90 Å². The van der Waals surface area contributed by atoms with Crippen molar-refractivity contribution in [2.24, 2.45) is 0 Å². The van der Waals surface area contributed by atoms with Gasteiger partial charge in [0, 0.05) is 5.56 Å². The Balaban J connectivity index is 2.15. The number of hydrogen-bond acceptors (Lipinski definition) is 2. The van der Waals surface area contributed by atoms with Gasteiger partial charge in [0.25, 0.3) is 11.8 Å². The van der Waals surface area contributed by atoms with Gasteiger partial charge in [0.1, 0.15) is 4.84 Å². The molecule has 1 aliphatic heterocycles. The van der Waals surface area contributed by atoms with Crippen LogP contribution in [0.4, 0.5) is 5.69 Å². The standard InChI is InChI=1S/C15H9Cl2NO2/c16-13(17)11-7-3-4-8-12(11)18-14(19)9-5-1-2-6-10(9)15(18)20/h1-8,13H. The SMILES string of the molecule is O=C1c2ccccc2C(=O)N1c1ccccc1C(Cl)Cl. The van der Waals surface area contributed by atoms with Crippen LogP contribution in [0.3, 0.4) is 0 Å². The second-order valence-corrected chi connectivity index (χ2v) is 5.45. The minimum Gasteiger partial charge on any atom is -0.268 e. The highest BCUT2D eigenvalue weighted by Crippen LogP contribution is 2.36. The first kappa shape index (κ1) is 13.2. The summed E-state index contributed by atoms with van der Waals surface area (Å²) in [5.74, 6) is -0.709. The molecule has 100 valence electrons. The number of para-hydroxylation sites is 1. The number of amides is 2. The summed E-state index contributed by atoms with van der Waals surface area (Å²) in [6, 6.07) is 13.6. The Hall–Kier alpha value is -1.84. The predicted molar refractivity (Wildman–Crippen MR) is 78.5 cm³/mol. The maximum Gasteiger partial charge on any atom is 0.266 e. The molecule has 0 saturated heterocycles. The van der Waals surface area contributed by atoms with Crippen molar-refractivity contribution in [3.05, 3.63) is 65.2 Å². The molecule has 1 aliphatic rings. The van der Waals surface area contributed by atoms with Crippen LogP contribution < -0.4 is 4.90 Å². The third kappa shape index (κ3) is 1.90. The van der Waals surface area contributed by atoms with Crippen LogP contribution in [0.2, 0.25) is 0 Å². The number of carbonyl (C=O) groups is 2. The fraction of sp³-hybridized carbons (Fsp3) is 0.0667. The smallest absolute Gasteiger partial charge is 0.266 e. The van der Waals surface area contributed by atoms with Crippen LogP contribution in [0, 0.1) is 0 Å². The molecule has 0 N–H and O–H groups in total. The lowest BCUT2D eigenvalue weighted by molar-refractivity contribution is 0.0926. The molecule has 0 aromatic heterocycles. The molecule has 0 saturated carbocycles. The van der Waals surface area contributed by atoms with E-state index in [9.17, 15) is 9.59 Å². The van der Waals surface area contributed by atoms with E-state index in [1.807, 2.05) is 0 Å². The molecule has 5 heteroatoms. The van der Waals surface area contributed by atoms with Gasteiger partial charge in [-0.05, 0) is 18.2 Å². The van der Waals surface area contributed by atoms with E-state index in [0.29, 0.717) is 22.4 Å². The molecule has 3 rings (SSSR count). The Bertz CT molecular complexity index is 678. The van der Waals surface area contributed by atoms with Crippen molar-refractivity contribution in [1.82, 2.24) is 0 Å². The topological polar surface area (TPSA) is 37.4 Å². The molecule has 3 nitrogen and oxygen atoms in total. The molecule has 0 spiro atoms. The summed E-state index contributed by atoms with van der Waals surface area (Å²) in [5.41, 5.74) is 1.75. The van der Waals surface area contributed by atoms with Gasteiger partial charge in [0.2, 0.25) is 0 Å². The largest absolute Gasteiger partial charge is 0.268 e. The van der Waals surface area contributed by atoms with Crippen molar-refractivity contribution in [3.8, 4) is 0 Å². The van der Waals surface area contributed by atoms with Crippen LogP contribution in [-0.4, -0.2) is 11.8 Å². The van der Waals surface area contributed by atoms with E-state index in [4.69, 9.17) is 23.2 Å². The van der Waals surface area contributed by atoms with Crippen LogP contribution in [0.15, 0.2) is 48.5 Å². The molecule has 0 fully saturated rings. The van der Waals surface area contributed by atoms with Crippen LogP contribution in [0.1, 0.15) is 31.1 Å². The van der Waals surface area contributed by atoms with E-state index >= 15 is 0 Å². The Morgan fingerprint density at radius 2 is 1.30 bits per heavy atom. The number of fused-ring (bicyclic) bond motifs is 1. The molecule has 2 amide bonds. The van der Waals surface area contributed by atoms with Crippen LogP contribution in [0.5, 0.6) is 0 Å². The van der Waals surface area contributed by atoms with Crippen molar-refractivity contribution in [2.45, 2.75) is 4.84 Å². The van der Waals surface area contributed by atoms with Gasteiger partial charge in [0.05, 0.1) is 16.8 Å². The predicted octanol–water partition coefficient (Wildman–Crippen LogP) is 3.96. The number of carbonyl (C=O) groups excluding carboxylic acids is 2. The van der Waals surface area contributed by atoms with Crippen molar-refractivity contribution < 1.29 is 9.59 Å². The van der Waals surface area contributed by atoms with Gasteiger partial charge in [-0.15, -0.1) is 0 Å². The highest BCUT2D eigenvalue weighted by Gasteiger charge is 2.37. The molecule has 20 heavy (non-hydrogen) atoms. The highest BCUT2D eigenvalue weighted by molar-refractivity contribution is 6.45. The molecule has 0 bridgehead atoms. The highest BCUT2D eigenvalue weighted by atomic mass is 35.5. The van der Waals surface area contributed by atoms with E-state index in [1.54, 1.807) is 48.5 Å². The van der Waals surface area contributed by atoms with Crippen LogP contribution in [0.25, 0.3) is 0 Å². The van der Waals surface area contributed by atoms with Gasteiger partial charge in [-0.25, -0.2) is 4.90 Å². The van der Waals surface area contributed by atoms with E-state index in [-0.39, 0.29) is 11.8 Å². The third-order valence-electron chi connectivity index (χ3n) is 3.21. The third-order valence-corrected chi connectivity index (χ3v) is 3.68. The first-order valence-electron chi connectivity index (χ1n) is 5.96. The molecule has 1 heterocycles. The molecule has 0 aliphatic carbocycles. The molecule has 0 unspecified atom stereocenters. The number of halogens is 2. The second-order valence-electron chi connectivity index (χ2n) is 4.35. The molecule has 0 atom stereocenters. The van der Waals surface area contributed by atoms with Crippen LogP contribution >= 0.6 is 23.2 Å². The van der Waals surface area contributed by atoms with E-state index in [1.165, 1.54) is 0 Å². The quantitative estimate of drug-likeness (QED) is 0.622. The average Bonchev–Trinajstić information content (AvgIpc) is 2.71. The lowest BCUT2D eigenvalue weighted by atomic mass is 10.1. The van der Waals surface area contributed by atoms with Gasteiger partial charge in [-0.1, -0.05) is 53.5 Å².